The maximum atomic E-state index is 13.4. The molecular weight excluding hydrogens is 359 g/mol. The molecule has 5 heteroatoms. The lowest BCUT2D eigenvalue weighted by molar-refractivity contribution is 0.0529. The Hall–Kier alpha value is -2.82. The zero-order valence-electron chi connectivity index (χ0n) is 16.7. The highest BCUT2D eigenvalue weighted by atomic mass is 19.1. The highest BCUT2D eigenvalue weighted by Crippen LogP contribution is 2.38. The monoisotopic (exact) mass is 384 g/mol. The maximum absolute atomic E-state index is 13.4. The Kier molecular flexibility index (Phi) is 6.02. The molecule has 0 atom stereocenters. The molecule has 0 saturated heterocycles. The summed E-state index contributed by atoms with van der Waals surface area (Å²) < 4.78 is 30.7. The fourth-order valence-electron chi connectivity index (χ4n) is 3.20. The van der Waals surface area contributed by atoms with Crippen LogP contribution in [0, 0.1) is 5.82 Å². The van der Waals surface area contributed by atoms with E-state index in [9.17, 15) is 9.18 Å². The van der Waals surface area contributed by atoms with Gasteiger partial charge in [-0.2, -0.15) is 0 Å². The standard InChI is InChI=1S/C23H25FO4/c1-5-7-16-12-20-18(13-19(16)27-14(3)4)21(23(25)26-6-2)22(28-20)15-8-10-17(24)11-9-15/h8-14H,5-7H2,1-4H3. The van der Waals surface area contributed by atoms with Gasteiger partial charge >= 0.3 is 5.97 Å². The molecule has 0 N–H and O–H groups in total. The predicted octanol–water partition coefficient (Wildman–Crippen LogP) is 6.16. The summed E-state index contributed by atoms with van der Waals surface area (Å²) in [5.74, 6) is 0.286. The Morgan fingerprint density at radius 3 is 2.46 bits per heavy atom. The Morgan fingerprint density at radius 1 is 1.14 bits per heavy atom. The third-order valence-electron chi connectivity index (χ3n) is 4.34. The van der Waals surface area contributed by atoms with E-state index in [1.54, 1.807) is 19.1 Å². The van der Waals surface area contributed by atoms with E-state index in [1.165, 1.54) is 12.1 Å². The van der Waals surface area contributed by atoms with Gasteiger partial charge in [-0.15, -0.1) is 0 Å². The topological polar surface area (TPSA) is 48.7 Å². The van der Waals surface area contributed by atoms with E-state index < -0.39 is 5.97 Å². The number of halogens is 1. The fraction of sp³-hybridized carbons (Fsp3) is 0.348. The molecule has 0 radical (unpaired) electrons. The van der Waals surface area contributed by atoms with Gasteiger partial charge < -0.3 is 13.9 Å². The van der Waals surface area contributed by atoms with Crippen LogP contribution in [0.5, 0.6) is 5.75 Å². The third kappa shape index (κ3) is 4.03. The molecule has 0 fully saturated rings. The summed E-state index contributed by atoms with van der Waals surface area (Å²) in [4.78, 5) is 12.7. The number of hydrogen-bond acceptors (Lipinski definition) is 4. The molecule has 3 aromatic rings. The van der Waals surface area contributed by atoms with Gasteiger partial charge in [0.15, 0.2) is 0 Å². The molecule has 0 unspecified atom stereocenters. The number of furan rings is 1. The molecule has 148 valence electrons. The van der Waals surface area contributed by atoms with Gasteiger partial charge in [-0.3, -0.25) is 0 Å². The first-order valence-electron chi connectivity index (χ1n) is 9.63. The number of esters is 1. The van der Waals surface area contributed by atoms with Crippen molar-refractivity contribution in [3.8, 4) is 17.1 Å². The van der Waals surface area contributed by atoms with Crippen molar-refractivity contribution in [1.82, 2.24) is 0 Å². The highest BCUT2D eigenvalue weighted by molar-refractivity contribution is 6.09. The van der Waals surface area contributed by atoms with Crippen LogP contribution in [0.4, 0.5) is 4.39 Å². The summed E-state index contributed by atoms with van der Waals surface area (Å²) in [5.41, 5.74) is 2.56. The second-order valence-corrected chi connectivity index (χ2v) is 6.91. The molecule has 0 aliphatic heterocycles. The number of rotatable bonds is 7. The van der Waals surface area contributed by atoms with Gasteiger partial charge in [-0.05, 0) is 69.2 Å². The quantitative estimate of drug-likeness (QED) is 0.458. The zero-order chi connectivity index (χ0) is 20.3. The van der Waals surface area contributed by atoms with Crippen molar-refractivity contribution in [2.45, 2.75) is 46.6 Å². The molecule has 28 heavy (non-hydrogen) atoms. The number of fused-ring (bicyclic) bond motifs is 1. The molecule has 0 bridgehead atoms. The minimum absolute atomic E-state index is 0.00238. The normalized spacial score (nSPS) is 11.2. The van der Waals surface area contributed by atoms with Gasteiger partial charge in [0.1, 0.15) is 28.5 Å². The van der Waals surface area contributed by atoms with Crippen LogP contribution in [0.25, 0.3) is 22.3 Å². The highest BCUT2D eigenvalue weighted by Gasteiger charge is 2.25. The molecule has 0 saturated carbocycles. The summed E-state index contributed by atoms with van der Waals surface area (Å²) in [7, 11) is 0. The molecule has 0 aliphatic rings. The lowest BCUT2D eigenvalue weighted by Gasteiger charge is -2.14. The van der Waals surface area contributed by atoms with Gasteiger partial charge in [0.2, 0.25) is 0 Å². The average molecular weight is 384 g/mol. The van der Waals surface area contributed by atoms with Gasteiger partial charge in [0.05, 0.1) is 12.7 Å². The average Bonchev–Trinajstić information content (AvgIpc) is 3.01. The summed E-state index contributed by atoms with van der Waals surface area (Å²) in [6.07, 6.45) is 1.79. The summed E-state index contributed by atoms with van der Waals surface area (Å²) >= 11 is 0. The summed E-state index contributed by atoms with van der Waals surface area (Å²) in [6, 6.07) is 9.64. The first-order chi connectivity index (χ1) is 13.4. The number of hydrogen-bond donors (Lipinski definition) is 0. The van der Waals surface area contributed by atoms with Crippen LogP contribution < -0.4 is 4.74 Å². The Labute approximate surface area is 164 Å². The SMILES string of the molecule is CCCc1cc2oc(-c3ccc(F)cc3)c(C(=O)OCC)c2cc1OC(C)C. The van der Waals surface area contributed by atoms with Gasteiger partial charge in [-0.25, -0.2) is 9.18 Å². The first kappa shape index (κ1) is 19.9. The Balaban J connectivity index is 2.25. The lowest BCUT2D eigenvalue weighted by Crippen LogP contribution is -2.08. The summed E-state index contributed by atoms with van der Waals surface area (Å²) in [5, 5.41) is 0.633. The van der Waals surface area contributed by atoms with Crippen LogP contribution in [-0.2, 0) is 11.2 Å². The number of benzene rings is 2. The number of ether oxygens (including phenoxy) is 2. The fourth-order valence-corrected chi connectivity index (χ4v) is 3.20. The van der Waals surface area contributed by atoms with Crippen LogP contribution in [0.15, 0.2) is 40.8 Å². The van der Waals surface area contributed by atoms with Crippen molar-refractivity contribution in [2.24, 2.45) is 0 Å². The molecule has 3 rings (SSSR count). The molecule has 0 amide bonds. The smallest absolute Gasteiger partial charge is 0.342 e. The van der Waals surface area contributed by atoms with E-state index in [2.05, 4.69) is 6.92 Å². The molecule has 1 aromatic heterocycles. The van der Waals surface area contributed by atoms with Crippen molar-refractivity contribution in [2.75, 3.05) is 6.61 Å². The van der Waals surface area contributed by atoms with E-state index in [0.29, 0.717) is 27.9 Å². The Morgan fingerprint density at radius 2 is 1.86 bits per heavy atom. The van der Waals surface area contributed by atoms with E-state index in [1.807, 2.05) is 26.0 Å². The molecule has 0 aliphatic carbocycles. The third-order valence-corrected chi connectivity index (χ3v) is 4.34. The Bertz CT molecular complexity index is 970. The number of carbonyl (C=O) groups is 1. The van der Waals surface area contributed by atoms with E-state index in [0.717, 1.165) is 24.2 Å². The minimum Gasteiger partial charge on any atom is -0.491 e. The van der Waals surface area contributed by atoms with Crippen LogP contribution in [0.1, 0.15) is 50.0 Å². The van der Waals surface area contributed by atoms with Crippen LogP contribution >= 0.6 is 0 Å². The van der Waals surface area contributed by atoms with Crippen molar-refractivity contribution < 1.29 is 23.1 Å². The van der Waals surface area contributed by atoms with Crippen LogP contribution in [0.3, 0.4) is 0 Å². The van der Waals surface area contributed by atoms with E-state index >= 15 is 0 Å². The lowest BCUT2D eigenvalue weighted by atomic mass is 10.0. The largest absolute Gasteiger partial charge is 0.491 e. The second-order valence-electron chi connectivity index (χ2n) is 6.91. The van der Waals surface area contributed by atoms with Gasteiger partial charge in [0, 0.05) is 10.9 Å². The molecule has 0 spiro atoms. The number of aryl methyl sites for hydroxylation is 1. The van der Waals surface area contributed by atoms with Crippen LogP contribution in [-0.4, -0.2) is 18.7 Å². The zero-order valence-corrected chi connectivity index (χ0v) is 16.7. The molecule has 2 aromatic carbocycles. The minimum atomic E-state index is -0.473. The van der Waals surface area contributed by atoms with E-state index in [4.69, 9.17) is 13.9 Å². The van der Waals surface area contributed by atoms with Gasteiger partial charge in [-0.1, -0.05) is 13.3 Å². The predicted molar refractivity (Wildman–Crippen MR) is 107 cm³/mol. The van der Waals surface area contributed by atoms with E-state index in [-0.39, 0.29) is 18.5 Å². The van der Waals surface area contributed by atoms with Crippen LogP contribution in [0.2, 0.25) is 0 Å². The van der Waals surface area contributed by atoms with Crippen molar-refractivity contribution >= 4 is 16.9 Å². The van der Waals surface area contributed by atoms with Gasteiger partial charge in [0.25, 0.3) is 0 Å². The molecule has 1 heterocycles. The second kappa shape index (κ2) is 8.46. The van der Waals surface area contributed by atoms with Crippen molar-refractivity contribution in [3.63, 3.8) is 0 Å². The molecular formula is C23H25FO4. The molecule has 4 nitrogen and oxygen atoms in total. The first-order valence-corrected chi connectivity index (χ1v) is 9.63. The maximum Gasteiger partial charge on any atom is 0.342 e. The summed E-state index contributed by atoms with van der Waals surface area (Å²) in [6.45, 7) is 8.03. The van der Waals surface area contributed by atoms with Crippen molar-refractivity contribution in [3.05, 3.63) is 53.3 Å². The number of carbonyl (C=O) groups excluding carboxylic acids is 1. The van der Waals surface area contributed by atoms with Crippen molar-refractivity contribution in [1.29, 1.82) is 0 Å².